The SMILES string of the molecule is Cc1cc(N)c(Cl)cc1NCC(O)C(F)F. The van der Waals surface area contributed by atoms with Crippen LogP contribution in [0, 0.1) is 6.92 Å². The van der Waals surface area contributed by atoms with Gasteiger partial charge < -0.3 is 16.2 Å². The van der Waals surface area contributed by atoms with Gasteiger partial charge in [-0.3, -0.25) is 0 Å². The lowest BCUT2D eigenvalue weighted by Gasteiger charge is -2.14. The van der Waals surface area contributed by atoms with Crippen LogP contribution in [0.5, 0.6) is 0 Å². The molecule has 3 nitrogen and oxygen atoms in total. The Labute approximate surface area is 97.2 Å². The molecule has 0 fully saturated rings. The molecule has 1 aromatic carbocycles. The van der Waals surface area contributed by atoms with Crippen molar-refractivity contribution in [2.24, 2.45) is 0 Å². The number of benzene rings is 1. The van der Waals surface area contributed by atoms with Crippen LogP contribution in [0.3, 0.4) is 0 Å². The highest BCUT2D eigenvalue weighted by molar-refractivity contribution is 6.33. The zero-order chi connectivity index (χ0) is 12.3. The van der Waals surface area contributed by atoms with E-state index in [1.165, 1.54) is 0 Å². The van der Waals surface area contributed by atoms with Crippen LogP contribution in [-0.4, -0.2) is 24.2 Å². The Morgan fingerprint density at radius 1 is 1.50 bits per heavy atom. The quantitative estimate of drug-likeness (QED) is 0.719. The number of aryl methyl sites for hydroxylation is 1. The van der Waals surface area contributed by atoms with Crippen molar-refractivity contribution >= 4 is 23.0 Å². The number of aliphatic hydroxyl groups is 1. The molecule has 0 aliphatic carbocycles. The summed E-state index contributed by atoms with van der Waals surface area (Å²) < 4.78 is 24.1. The van der Waals surface area contributed by atoms with Gasteiger partial charge in [0.05, 0.1) is 10.7 Å². The largest absolute Gasteiger partial charge is 0.398 e. The normalized spacial score (nSPS) is 12.9. The molecule has 0 heterocycles. The molecule has 1 rings (SSSR count). The van der Waals surface area contributed by atoms with Crippen molar-refractivity contribution in [3.63, 3.8) is 0 Å². The third-order valence-corrected chi connectivity index (χ3v) is 2.46. The van der Waals surface area contributed by atoms with Crippen molar-refractivity contribution < 1.29 is 13.9 Å². The molecule has 0 aromatic heterocycles. The maximum absolute atomic E-state index is 12.0. The molecule has 0 aliphatic rings. The van der Waals surface area contributed by atoms with Gasteiger partial charge in [0, 0.05) is 12.2 Å². The van der Waals surface area contributed by atoms with Crippen LogP contribution in [0.2, 0.25) is 5.02 Å². The Kier molecular flexibility index (Phi) is 4.32. The Balaban J connectivity index is 2.71. The summed E-state index contributed by atoms with van der Waals surface area (Å²) >= 11 is 5.79. The van der Waals surface area contributed by atoms with Gasteiger partial charge >= 0.3 is 0 Å². The molecule has 0 saturated carbocycles. The lowest BCUT2D eigenvalue weighted by atomic mass is 10.1. The molecule has 90 valence electrons. The fraction of sp³-hybridized carbons (Fsp3) is 0.400. The second-order valence-corrected chi connectivity index (χ2v) is 3.88. The molecule has 0 aliphatic heterocycles. The first-order valence-corrected chi connectivity index (χ1v) is 5.05. The van der Waals surface area contributed by atoms with Gasteiger partial charge in [0.25, 0.3) is 6.43 Å². The number of hydrogen-bond donors (Lipinski definition) is 3. The fourth-order valence-corrected chi connectivity index (χ4v) is 1.36. The summed E-state index contributed by atoms with van der Waals surface area (Å²) in [5.74, 6) is 0. The summed E-state index contributed by atoms with van der Waals surface area (Å²) in [7, 11) is 0. The average Bonchev–Trinajstić information content (AvgIpc) is 2.20. The molecule has 0 radical (unpaired) electrons. The van der Waals surface area contributed by atoms with Crippen molar-refractivity contribution in [1.29, 1.82) is 0 Å². The maximum Gasteiger partial charge on any atom is 0.265 e. The smallest absolute Gasteiger partial charge is 0.265 e. The van der Waals surface area contributed by atoms with Crippen LogP contribution in [-0.2, 0) is 0 Å². The van der Waals surface area contributed by atoms with E-state index in [2.05, 4.69) is 5.32 Å². The van der Waals surface area contributed by atoms with E-state index < -0.39 is 12.5 Å². The number of aliphatic hydroxyl groups excluding tert-OH is 1. The lowest BCUT2D eigenvalue weighted by Crippen LogP contribution is -2.27. The summed E-state index contributed by atoms with van der Waals surface area (Å²) in [6.07, 6.45) is -4.47. The molecule has 0 bridgehead atoms. The number of nitrogens with two attached hydrogens (primary N) is 1. The molecule has 1 atom stereocenters. The summed E-state index contributed by atoms with van der Waals surface area (Å²) in [6, 6.07) is 3.18. The van der Waals surface area contributed by atoms with E-state index in [0.717, 1.165) is 5.56 Å². The first kappa shape index (κ1) is 13.0. The number of rotatable bonds is 4. The van der Waals surface area contributed by atoms with Gasteiger partial charge in [0.1, 0.15) is 6.10 Å². The molecule has 0 amide bonds. The molecular formula is C10H13ClF2N2O. The van der Waals surface area contributed by atoms with Crippen LogP contribution >= 0.6 is 11.6 Å². The van der Waals surface area contributed by atoms with Crippen LogP contribution in [0.1, 0.15) is 5.56 Å². The van der Waals surface area contributed by atoms with Crippen molar-refractivity contribution in [3.8, 4) is 0 Å². The highest BCUT2D eigenvalue weighted by atomic mass is 35.5. The summed E-state index contributed by atoms with van der Waals surface area (Å²) in [6.45, 7) is 1.53. The summed E-state index contributed by atoms with van der Waals surface area (Å²) in [5, 5.41) is 12.0. The number of nitrogen functional groups attached to an aromatic ring is 1. The predicted octanol–water partition coefficient (Wildman–Crippen LogP) is 2.27. The molecule has 0 saturated heterocycles. The minimum absolute atomic E-state index is 0.237. The van der Waals surface area contributed by atoms with Gasteiger partial charge in [0.2, 0.25) is 0 Å². The number of anilines is 2. The standard InChI is InChI=1S/C10H13ClF2N2O/c1-5-2-7(14)6(11)3-8(5)15-4-9(16)10(12)13/h2-3,9-10,15-16H,4,14H2,1H3. The lowest BCUT2D eigenvalue weighted by molar-refractivity contribution is 0.00384. The highest BCUT2D eigenvalue weighted by Gasteiger charge is 2.16. The second-order valence-electron chi connectivity index (χ2n) is 3.47. The highest BCUT2D eigenvalue weighted by Crippen LogP contribution is 2.26. The third kappa shape index (κ3) is 3.21. The van der Waals surface area contributed by atoms with Gasteiger partial charge in [0.15, 0.2) is 0 Å². The van der Waals surface area contributed by atoms with Gasteiger partial charge in [-0.25, -0.2) is 8.78 Å². The topological polar surface area (TPSA) is 58.3 Å². The summed E-state index contributed by atoms with van der Waals surface area (Å²) in [5.41, 5.74) is 7.36. The van der Waals surface area contributed by atoms with Gasteiger partial charge in [-0.1, -0.05) is 11.6 Å². The number of hydrogen-bond acceptors (Lipinski definition) is 3. The van der Waals surface area contributed by atoms with Crippen LogP contribution in [0.15, 0.2) is 12.1 Å². The van der Waals surface area contributed by atoms with E-state index in [1.54, 1.807) is 19.1 Å². The molecule has 4 N–H and O–H groups in total. The average molecular weight is 251 g/mol. The Hall–Kier alpha value is -1.07. The zero-order valence-electron chi connectivity index (χ0n) is 8.67. The number of alkyl halides is 2. The molecule has 0 spiro atoms. The Morgan fingerprint density at radius 2 is 2.12 bits per heavy atom. The third-order valence-electron chi connectivity index (χ3n) is 2.14. The first-order chi connectivity index (χ1) is 7.41. The van der Waals surface area contributed by atoms with Crippen molar-refractivity contribution in [3.05, 3.63) is 22.7 Å². The van der Waals surface area contributed by atoms with Gasteiger partial charge in [-0.2, -0.15) is 0 Å². The molecule has 1 unspecified atom stereocenters. The van der Waals surface area contributed by atoms with E-state index in [9.17, 15) is 8.78 Å². The van der Waals surface area contributed by atoms with Crippen LogP contribution in [0.4, 0.5) is 20.2 Å². The molecule has 6 heteroatoms. The van der Waals surface area contributed by atoms with Gasteiger partial charge in [-0.15, -0.1) is 0 Å². The van der Waals surface area contributed by atoms with E-state index in [4.69, 9.17) is 22.4 Å². The maximum atomic E-state index is 12.0. The Bertz CT molecular complexity index is 374. The number of nitrogens with one attached hydrogen (secondary N) is 1. The van der Waals surface area contributed by atoms with Gasteiger partial charge in [-0.05, 0) is 24.6 Å². The predicted molar refractivity (Wildman–Crippen MR) is 61.1 cm³/mol. The fourth-order valence-electron chi connectivity index (χ4n) is 1.20. The minimum atomic E-state index is -2.77. The molecule has 1 aromatic rings. The van der Waals surface area contributed by atoms with Crippen molar-refractivity contribution in [2.45, 2.75) is 19.5 Å². The summed E-state index contributed by atoms with van der Waals surface area (Å²) in [4.78, 5) is 0. The second kappa shape index (κ2) is 5.32. The Morgan fingerprint density at radius 3 is 2.69 bits per heavy atom. The monoisotopic (exact) mass is 250 g/mol. The van der Waals surface area contributed by atoms with Crippen LogP contribution in [0.25, 0.3) is 0 Å². The molecular weight excluding hydrogens is 238 g/mol. The van der Waals surface area contributed by atoms with E-state index in [0.29, 0.717) is 16.4 Å². The van der Waals surface area contributed by atoms with Crippen LogP contribution < -0.4 is 11.1 Å². The van der Waals surface area contributed by atoms with Crippen molar-refractivity contribution in [1.82, 2.24) is 0 Å². The number of halogens is 3. The molecule has 16 heavy (non-hydrogen) atoms. The van der Waals surface area contributed by atoms with E-state index in [1.807, 2.05) is 0 Å². The van der Waals surface area contributed by atoms with E-state index in [-0.39, 0.29) is 6.54 Å². The van der Waals surface area contributed by atoms with Crippen molar-refractivity contribution in [2.75, 3.05) is 17.6 Å². The zero-order valence-corrected chi connectivity index (χ0v) is 9.43. The first-order valence-electron chi connectivity index (χ1n) is 4.67. The van der Waals surface area contributed by atoms with E-state index >= 15 is 0 Å². The minimum Gasteiger partial charge on any atom is -0.398 e.